The van der Waals surface area contributed by atoms with E-state index in [0.29, 0.717) is 167 Å². The number of hydrogen-bond acceptors (Lipinski definition) is 21. The summed E-state index contributed by atoms with van der Waals surface area (Å²) in [5.41, 5.74) is 0. The number of carbonyl (C=O) groups excluding carboxylic acids is 9. The van der Waals surface area contributed by atoms with Gasteiger partial charge in [0.25, 0.3) is 5.92 Å². The number of hydrogen-bond donors (Lipinski definition) is 5. The molecule has 666 valence electrons. The second kappa shape index (κ2) is 56.4. The number of Topliss-reactive ketones (excluding diaryl/α,β-unsaturated/α-hetero) is 4. The van der Waals surface area contributed by atoms with Gasteiger partial charge in [0, 0.05) is 119 Å². The number of unbranched alkanes of at least 4 members (excludes halogenated alkanes) is 8. The molecule has 3 saturated carbocycles. The van der Waals surface area contributed by atoms with Crippen molar-refractivity contribution in [2.45, 2.75) is 335 Å². The van der Waals surface area contributed by atoms with Crippen LogP contribution in [-0.4, -0.2) is 179 Å². The molecule has 13 atom stereocenters. The van der Waals surface area contributed by atoms with Crippen LogP contribution in [0.15, 0.2) is 60.8 Å². The van der Waals surface area contributed by atoms with E-state index in [1.807, 2.05) is 76.3 Å². The summed E-state index contributed by atoms with van der Waals surface area (Å²) >= 11 is 5.39. The highest BCUT2D eigenvalue weighted by molar-refractivity contribution is 8.01. The molecule has 6 rings (SSSR count). The number of fused-ring (bicyclic) bond motifs is 1. The first-order valence-corrected chi connectivity index (χ1v) is 43.3. The van der Waals surface area contributed by atoms with Gasteiger partial charge in [0.05, 0.1) is 53.9 Å². The molecule has 1 unspecified atom stereocenters. The Balaban J connectivity index is 0.000000521. The number of alkyl halides is 8. The van der Waals surface area contributed by atoms with Gasteiger partial charge in [-0.3, -0.25) is 43.2 Å². The van der Waals surface area contributed by atoms with E-state index in [1.54, 1.807) is 6.08 Å². The van der Waals surface area contributed by atoms with Crippen LogP contribution >= 0.6 is 24.4 Å². The molecule has 0 bridgehead atoms. The summed E-state index contributed by atoms with van der Waals surface area (Å²) in [6, 6.07) is 0. The van der Waals surface area contributed by atoms with Gasteiger partial charge in [-0.25, -0.2) is 17.6 Å². The monoisotopic (exact) mass is 1700 g/mol. The Kier molecular flexibility index (Phi) is 52.0. The molecule has 116 heavy (non-hydrogen) atoms. The van der Waals surface area contributed by atoms with Crippen molar-refractivity contribution in [3.8, 4) is 0 Å². The summed E-state index contributed by atoms with van der Waals surface area (Å²) in [5.74, 6) is -19.1. The molecule has 0 aromatic heterocycles. The highest BCUT2D eigenvalue weighted by atomic mass is 32.2. The van der Waals surface area contributed by atoms with Gasteiger partial charge in [-0.15, -0.1) is 11.8 Å². The van der Waals surface area contributed by atoms with Crippen molar-refractivity contribution < 1.29 is 127 Å². The molecule has 29 heteroatoms. The van der Waals surface area contributed by atoms with E-state index < -0.39 is 71.0 Å². The van der Waals surface area contributed by atoms with Crippen molar-refractivity contribution in [2.75, 3.05) is 48.8 Å². The van der Waals surface area contributed by atoms with Gasteiger partial charge in [0.15, 0.2) is 10.7 Å². The van der Waals surface area contributed by atoms with E-state index in [1.165, 1.54) is 34.5 Å². The molecule has 0 amide bonds. The summed E-state index contributed by atoms with van der Waals surface area (Å²) in [5, 5.41) is 38.1. The van der Waals surface area contributed by atoms with Crippen molar-refractivity contribution in [1.82, 2.24) is 0 Å². The summed E-state index contributed by atoms with van der Waals surface area (Å²) in [6.07, 6.45) is 30.6. The van der Waals surface area contributed by atoms with E-state index >= 15 is 0 Å². The Hall–Kier alpha value is -5.17. The fourth-order valence-electron chi connectivity index (χ4n) is 15.5. The zero-order valence-electron chi connectivity index (χ0n) is 70.0. The number of aliphatic hydroxyl groups excluding tert-OH is 3. The molecule has 4 aliphatic carbocycles. The molecule has 5 fully saturated rings. The Morgan fingerprint density at radius 2 is 0.922 bits per heavy atom. The maximum atomic E-state index is 14.9. The van der Waals surface area contributed by atoms with Crippen LogP contribution < -0.4 is 0 Å². The number of allylic oxidation sites excluding steroid dienone is 10. The van der Waals surface area contributed by atoms with Crippen molar-refractivity contribution in [1.29, 1.82) is 0 Å². The molecular formula is C87H136F8O19S2. The average Bonchev–Trinajstić information content (AvgIpc) is 1.56. The Bertz CT molecular complexity index is 3090. The minimum Gasteiger partial charge on any atom is -0.469 e. The quantitative estimate of drug-likeness (QED) is 0.00944. The SMILES string of the molecule is CCCCC(F)(F)C(=O)CC[C@H]1C=CC(=O)[C@@H]1C/C=C\CCCC(=O)OC.CCCCC(F)(F)C(=O)CC[C@H]1[C@H](S)CC(=O)[C@@H]1C/C=C\CCCC(=O)OC.CCCCC(F)(F)C1(CC[C@@H]2[C@@H](C/C=C\CCCC(=O)OC)[C@@H](O)C[C@H]2O)OCCO1.CCCCC(F)(F)C1(O)CC[C@H]2[C@@H](CC(=O)[C@@H]2C/C=C\CCCC(=O)OC)S1.CO. The van der Waals surface area contributed by atoms with Crippen molar-refractivity contribution in [3.63, 3.8) is 0 Å². The standard InChI is InChI=1S/C23H38F2O6.2C21H32F2O4S.C21H30F2O4.CH4O/c1-3-4-12-22(24,25)23(30-14-15-31-23)13-11-18-17(19(26)16-20(18)27)9-7-5-6-8-10-21(28)29-2;1-3-4-12-20(22,23)21(26)13-11-16-15(17(24)14-18(16)28-21)9-7-5-6-8-10-19(25)27-2;1-3-4-13-21(22,23)19(25)12-11-16-15(17(24)14-18(16)28)9-7-5-6-8-10-20(26)27-2;1-3-4-15-21(22,23)19(25)14-12-16-11-13-18(24)17(16)9-7-5-6-8-10-20(26)27-2;1-2/h5,7,17-20,26-27H,3-4,6,8-16H2,1-2H3;5,7,15-16,18,26H,3-4,6,8-14H2,1-2H3;5,7,15-16,18,28H,3-4,6,8-14H2,1-2H3;5,7,11,13,16-17H,3-4,6,8-10,12,14-15H2,1-2H3;2H,1H3/b4*7-5-;/t17-,18-,19+,20-;15-,16-,18-,21?;15-,16-,18-;16-,17-;/m1111./s1. The van der Waals surface area contributed by atoms with Crippen LogP contribution in [-0.2, 0) is 71.6 Å². The van der Waals surface area contributed by atoms with Crippen molar-refractivity contribution >= 4 is 77.2 Å². The summed E-state index contributed by atoms with van der Waals surface area (Å²) in [4.78, 5) is 103. The molecule has 0 aromatic rings. The fourth-order valence-corrected chi connectivity index (χ4v) is 17.8. The Morgan fingerprint density at radius 1 is 0.517 bits per heavy atom. The van der Waals surface area contributed by atoms with Gasteiger partial charge in [0.2, 0.25) is 17.4 Å². The van der Waals surface area contributed by atoms with Crippen LogP contribution in [0.25, 0.3) is 0 Å². The number of esters is 4. The van der Waals surface area contributed by atoms with Crippen LogP contribution in [0.1, 0.15) is 278 Å². The number of aliphatic hydroxyl groups is 4. The largest absolute Gasteiger partial charge is 0.469 e. The molecule has 6 aliphatic rings. The number of ether oxygens (including phenoxy) is 6. The smallest absolute Gasteiger partial charge is 0.305 e. The van der Waals surface area contributed by atoms with Crippen LogP contribution in [0, 0.1) is 47.3 Å². The molecule has 2 saturated heterocycles. The van der Waals surface area contributed by atoms with Crippen LogP contribution in [0.2, 0.25) is 0 Å². The zero-order chi connectivity index (χ0) is 87.1. The number of rotatable bonds is 49. The minimum atomic E-state index is -3.28. The van der Waals surface area contributed by atoms with E-state index in [0.717, 1.165) is 25.3 Å². The highest BCUT2D eigenvalue weighted by Gasteiger charge is 2.60. The van der Waals surface area contributed by atoms with E-state index in [-0.39, 0.29) is 176 Å². The second-order valence-electron chi connectivity index (χ2n) is 31.0. The summed E-state index contributed by atoms with van der Waals surface area (Å²) in [7, 11) is 6.42. The maximum absolute atomic E-state index is 14.9. The minimum absolute atomic E-state index is 0.0164. The molecule has 0 spiro atoms. The van der Waals surface area contributed by atoms with Crippen LogP contribution in [0.4, 0.5) is 35.1 Å². The van der Waals surface area contributed by atoms with Crippen molar-refractivity contribution in [3.05, 3.63) is 60.8 Å². The van der Waals surface area contributed by atoms with Gasteiger partial charge in [-0.05, 0) is 177 Å². The van der Waals surface area contributed by atoms with Crippen LogP contribution in [0.5, 0.6) is 0 Å². The van der Waals surface area contributed by atoms with E-state index in [4.69, 9.17) is 14.6 Å². The van der Waals surface area contributed by atoms with Crippen molar-refractivity contribution in [2.24, 2.45) is 47.3 Å². The van der Waals surface area contributed by atoms with Gasteiger partial charge in [0.1, 0.15) is 11.6 Å². The van der Waals surface area contributed by atoms with Gasteiger partial charge < -0.3 is 48.8 Å². The first-order chi connectivity index (χ1) is 55.0. The highest BCUT2D eigenvalue weighted by Crippen LogP contribution is 2.57. The second-order valence-corrected chi connectivity index (χ2v) is 33.2. The zero-order valence-corrected chi connectivity index (χ0v) is 71.7. The number of ketones is 5. The van der Waals surface area contributed by atoms with E-state index in [2.05, 4.69) is 31.6 Å². The molecule has 2 heterocycles. The normalized spacial score (nSPS) is 25.1. The maximum Gasteiger partial charge on any atom is 0.305 e. The first-order valence-electron chi connectivity index (χ1n) is 41.9. The fraction of sp³-hybridized carbons (Fsp3) is 0.782. The predicted octanol–water partition coefficient (Wildman–Crippen LogP) is 18.3. The number of carbonyl (C=O) groups is 9. The molecule has 2 aliphatic heterocycles. The third-order valence-corrected chi connectivity index (χ3v) is 25.0. The third-order valence-electron chi connectivity index (χ3n) is 22.7. The Morgan fingerprint density at radius 3 is 1.38 bits per heavy atom. The van der Waals surface area contributed by atoms with Crippen LogP contribution in [0.3, 0.4) is 0 Å². The molecule has 4 N–H and O–H groups in total. The number of halogens is 8. The number of thioether (sulfide) groups is 1. The predicted molar refractivity (Wildman–Crippen MR) is 433 cm³/mol. The lowest BCUT2D eigenvalue weighted by atomic mass is 9.84. The summed E-state index contributed by atoms with van der Waals surface area (Å²) in [6.45, 7) is 7.60. The Labute approximate surface area is 693 Å². The number of methoxy groups -OCH3 is 4. The van der Waals surface area contributed by atoms with Gasteiger partial charge in [-0.1, -0.05) is 108 Å². The van der Waals surface area contributed by atoms with E-state index in [9.17, 15) is 93.6 Å². The third kappa shape index (κ3) is 36.6. The molecule has 19 nitrogen and oxygen atoms in total. The van der Waals surface area contributed by atoms with Gasteiger partial charge >= 0.3 is 41.6 Å². The molecule has 0 aromatic carbocycles. The molecular weight excluding hydrogens is 1570 g/mol. The lowest BCUT2D eigenvalue weighted by molar-refractivity contribution is -0.297. The lowest BCUT2D eigenvalue weighted by Crippen LogP contribution is -2.50. The number of thiol groups is 1. The van der Waals surface area contributed by atoms with Gasteiger partial charge in [-0.2, -0.15) is 30.2 Å². The lowest BCUT2D eigenvalue weighted by Gasteiger charge is -2.43. The first kappa shape index (κ1) is 107. The summed E-state index contributed by atoms with van der Waals surface area (Å²) < 4.78 is 143. The average molecular weight is 1700 g/mol. The topological polar surface area (TPSA) is 290 Å². The molecule has 0 radical (unpaired) electrons.